The smallest absolute Gasteiger partial charge is 0.416 e. The number of carbonyl (C=O) groups excluding carboxylic acids is 1. The van der Waals surface area contributed by atoms with E-state index in [9.17, 15) is 31.5 Å². The van der Waals surface area contributed by atoms with E-state index in [1.165, 1.54) is 46.3 Å². The van der Waals surface area contributed by atoms with Gasteiger partial charge in [0.1, 0.15) is 5.75 Å². The number of aryl methyl sites for hydroxylation is 1. The van der Waals surface area contributed by atoms with Crippen molar-refractivity contribution >= 4 is 21.6 Å². The Hall–Kier alpha value is -3.66. The first-order chi connectivity index (χ1) is 23.1. The molecule has 1 aliphatic heterocycles. The predicted molar refractivity (Wildman–Crippen MR) is 179 cm³/mol. The third kappa shape index (κ3) is 10.4. The van der Waals surface area contributed by atoms with E-state index in [1.807, 2.05) is 25.8 Å². The van der Waals surface area contributed by atoms with Gasteiger partial charge in [-0.15, -0.1) is 0 Å². The number of rotatable bonds is 9. The van der Waals surface area contributed by atoms with E-state index in [0.29, 0.717) is 31.9 Å². The second-order valence-corrected chi connectivity index (χ2v) is 14.5. The van der Waals surface area contributed by atoms with Crippen LogP contribution in [0.1, 0.15) is 61.5 Å². The normalized spacial score (nSPS) is 20.7. The molecular formula is C34H46F3N5O6S. The Morgan fingerprint density at radius 1 is 1.14 bits per heavy atom. The molecule has 0 bridgehead atoms. The molecule has 270 valence electrons. The molecule has 0 radical (unpaired) electrons. The van der Waals surface area contributed by atoms with Gasteiger partial charge in [0.25, 0.3) is 15.9 Å². The number of hydrogen-bond acceptors (Lipinski definition) is 8. The van der Waals surface area contributed by atoms with Crippen LogP contribution in [0.15, 0.2) is 60.0 Å². The number of nitrogens with zero attached hydrogens (tertiary/aromatic N) is 4. The summed E-state index contributed by atoms with van der Waals surface area (Å²) in [7, 11) is -0.534. The maximum absolute atomic E-state index is 14.3. The summed E-state index contributed by atoms with van der Waals surface area (Å²) in [5.74, 6) is -0.393. The SMILES string of the molecule is C[C@@H]1CCCCO[C@H](CN(C)Cc2ccc(C(F)(F)F)cc2)[C@H](C)CN([C@@H](C)CO)C(=O)c2cc(NS(=O)(=O)c3cn(C)cn3)ccc2O1. The number of ether oxygens (including phenoxy) is 2. The van der Waals surface area contributed by atoms with E-state index in [2.05, 4.69) is 9.71 Å². The van der Waals surface area contributed by atoms with Gasteiger partial charge in [-0.2, -0.15) is 21.6 Å². The van der Waals surface area contributed by atoms with Gasteiger partial charge in [0.15, 0.2) is 5.03 Å². The zero-order chi connectivity index (χ0) is 35.9. The average Bonchev–Trinajstić information content (AvgIpc) is 3.49. The molecular weight excluding hydrogens is 663 g/mol. The number of alkyl halides is 3. The molecule has 3 aromatic rings. The van der Waals surface area contributed by atoms with E-state index < -0.39 is 33.7 Å². The van der Waals surface area contributed by atoms with Crippen LogP contribution in [0.5, 0.6) is 5.75 Å². The molecule has 2 heterocycles. The van der Waals surface area contributed by atoms with Crippen molar-refractivity contribution in [3.63, 3.8) is 0 Å². The molecule has 0 spiro atoms. The van der Waals surface area contributed by atoms with Crippen LogP contribution in [-0.4, -0.2) is 90.4 Å². The van der Waals surface area contributed by atoms with Crippen molar-refractivity contribution in [1.29, 1.82) is 0 Å². The van der Waals surface area contributed by atoms with Crippen LogP contribution in [-0.2, 0) is 34.5 Å². The van der Waals surface area contributed by atoms with E-state index >= 15 is 0 Å². The topological polar surface area (TPSA) is 126 Å². The van der Waals surface area contributed by atoms with E-state index in [-0.39, 0.29) is 47.6 Å². The molecule has 1 aromatic heterocycles. The van der Waals surface area contributed by atoms with Crippen LogP contribution in [0.2, 0.25) is 0 Å². The van der Waals surface area contributed by atoms with Gasteiger partial charge in [0, 0.05) is 51.1 Å². The Kier molecular flexibility index (Phi) is 12.7. The molecule has 4 atom stereocenters. The fourth-order valence-electron chi connectivity index (χ4n) is 5.67. The van der Waals surface area contributed by atoms with Crippen LogP contribution < -0.4 is 9.46 Å². The predicted octanol–water partition coefficient (Wildman–Crippen LogP) is 5.17. The van der Waals surface area contributed by atoms with Gasteiger partial charge in [0.2, 0.25) is 0 Å². The quantitative estimate of drug-likeness (QED) is 0.312. The van der Waals surface area contributed by atoms with E-state index in [1.54, 1.807) is 20.0 Å². The molecule has 11 nitrogen and oxygen atoms in total. The molecule has 1 aliphatic rings. The van der Waals surface area contributed by atoms with Gasteiger partial charge in [0.05, 0.1) is 42.3 Å². The maximum atomic E-state index is 14.3. The number of sulfonamides is 1. The number of imidazole rings is 1. The second-order valence-electron chi connectivity index (χ2n) is 12.9. The molecule has 1 amide bonds. The number of benzene rings is 2. The highest BCUT2D eigenvalue weighted by Crippen LogP contribution is 2.31. The number of likely N-dealkylation sites (N-methyl/N-ethyl adjacent to an activating group) is 1. The minimum Gasteiger partial charge on any atom is -0.490 e. The van der Waals surface area contributed by atoms with Crippen molar-refractivity contribution < 1.29 is 41.0 Å². The molecule has 0 fully saturated rings. The molecule has 0 saturated carbocycles. The molecule has 49 heavy (non-hydrogen) atoms. The van der Waals surface area contributed by atoms with Crippen molar-refractivity contribution in [1.82, 2.24) is 19.4 Å². The van der Waals surface area contributed by atoms with Gasteiger partial charge in [-0.25, -0.2) is 4.98 Å². The Morgan fingerprint density at radius 2 is 1.86 bits per heavy atom. The molecule has 2 N–H and O–H groups in total. The van der Waals surface area contributed by atoms with Crippen LogP contribution in [0.3, 0.4) is 0 Å². The first kappa shape index (κ1) is 38.1. The minimum absolute atomic E-state index is 0.134. The lowest BCUT2D eigenvalue weighted by Gasteiger charge is -2.36. The van der Waals surface area contributed by atoms with Gasteiger partial charge in [-0.05, 0) is 76.1 Å². The van der Waals surface area contributed by atoms with Crippen molar-refractivity contribution in [2.45, 2.75) is 76.0 Å². The van der Waals surface area contributed by atoms with Crippen LogP contribution in [0.25, 0.3) is 0 Å². The largest absolute Gasteiger partial charge is 0.490 e. The van der Waals surface area contributed by atoms with Crippen LogP contribution in [0, 0.1) is 5.92 Å². The number of aliphatic hydroxyl groups excluding tert-OH is 1. The lowest BCUT2D eigenvalue weighted by molar-refractivity contribution is -0.137. The third-order valence-corrected chi connectivity index (χ3v) is 9.75. The number of amides is 1. The average molecular weight is 710 g/mol. The maximum Gasteiger partial charge on any atom is 0.416 e. The Morgan fingerprint density at radius 3 is 2.49 bits per heavy atom. The third-order valence-electron chi connectivity index (χ3n) is 8.49. The molecule has 4 rings (SSSR count). The van der Waals surface area contributed by atoms with Crippen LogP contribution in [0.4, 0.5) is 18.9 Å². The molecule has 2 aromatic carbocycles. The number of aromatic nitrogens is 2. The summed E-state index contributed by atoms with van der Waals surface area (Å²) < 4.78 is 81.9. The number of aliphatic hydroxyl groups is 1. The Labute approximate surface area is 286 Å². The summed E-state index contributed by atoms with van der Waals surface area (Å²) in [6.07, 6.45) is -0.0614. The fourth-order valence-corrected chi connectivity index (χ4v) is 6.70. The highest BCUT2D eigenvalue weighted by molar-refractivity contribution is 7.92. The number of halogens is 3. The zero-order valence-corrected chi connectivity index (χ0v) is 29.3. The monoisotopic (exact) mass is 709 g/mol. The van der Waals surface area contributed by atoms with Gasteiger partial charge < -0.3 is 24.0 Å². The van der Waals surface area contributed by atoms with Crippen molar-refractivity contribution in [2.24, 2.45) is 13.0 Å². The molecule has 0 saturated heterocycles. The summed E-state index contributed by atoms with van der Waals surface area (Å²) in [5.41, 5.74) is 0.291. The highest BCUT2D eigenvalue weighted by Gasteiger charge is 2.32. The first-order valence-electron chi connectivity index (χ1n) is 16.3. The van der Waals surface area contributed by atoms with Gasteiger partial charge in [-0.1, -0.05) is 19.1 Å². The Balaban J connectivity index is 1.60. The number of anilines is 1. The number of nitrogens with one attached hydrogen (secondary N) is 1. The van der Waals surface area contributed by atoms with E-state index in [4.69, 9.17) is 9.47 Å². The summed E-state index contributed by atoms with van der Waals surface area (Å²) >= 11 is 0. The Bertz CT molecular complexity index is 1650. The van der Waals surface area contributed by atoms with Crippen molar-refractivity contribution in [3.05, 3.63) is 71.7 Å². The van der Waals surface area contributed by atoms with Gasteiger partial charge in [-0.3, -0.25) is 14.4 Å². The summed E-state index contributed by atoms with van der Waals surface area (Å²) in [6.45, 7) is 6.73. The standard InChI is InChI=1S/C34H46F3N5O6S/c1-23-17-42(24(2)21-43)33(44)29-16-28(39-49(45,46)32-20-41(5)22-38-32)13-14-30(29)48-25(3)8-6-7-15-47-31(23)19-40(4)18-26-9-11-27(12-10-26)34(35,36)37/h9-14,16,20,22-25,31,39,43H,6-8,15,17-19,21H2,1-5H3/t23-,24+,25-,31-/m1/s1. The van der Waals surface area contributed by atoms with Gasteiger partial charge >= 0.3 is 6.18 Å². The molecule has 0 unspecified atom stereocenters. The zero-order valence-electron chi connectivity index (χ0n) is 28.5. The second kappa shape index (κ2) is 16.4. The lowest BCUT2D eigenvalue weighted by Crippen LogP contribution is -2.47. The van der Waals surface area contributed by atoms with Crippen molar-refractivity contribution in [2.75, 3.05) is 38.1 Å². The first-order valence-corrected chi connectivity index (χ1v) is 17.7. The summed E-state index contributed by atoms with van der Waals surface area (Å²) in [4.78, 5) is 21.8. The highest BCUT2D eigenvalue weighted by atomic mass is 32.2. The molecule has 15 heteroatoms. The number of fused-ring (bicyclic) bond motifs is 1. The van der Waals surface area contributed by atoms with Crippen LogP contribution >= 0.6 is 0 Å². The number of carbonyl (C=O) groups is 1. The fraction of sp³-hybridized carbons (Fsp3) is 0.529. The summed E-state index contributed by atoms with van der Waals surface area (Å²) in [6, 6.07) is 9.00. The number of hydrogen-bond donors (Lipinski definition) is 2. The summed E-state index contributed by atoms with van der Waals surface area (Å²) in [5, 5.41) is 10.0. The minimum atomic E-state index is -4.41. The molecule has 0 aliphatic carbocycles. The van der Waals surface area contributed by atoms with E-state index in [0.717, 1.165) is 30.5 Å². The lowest BCUT2D eigenvalue weighted by atomic mass is 10.0. The van der Waals surface area contributed by atoms with Crippen molar-refractivity contribution in [3.8, 4) is 5.75 Å².